The molecule has 3 rings (SSSR count). The zero-order chi connectivity index (χ0) is 16.9. The van der Waals surface area contributed by atoms with Gasteiger partial charge >= 0.3 is 5.97 Å². The first-order chi connectivity index (χ1) is 11.6. The van der Waals surface area contributed by atoms with E-state index >= 15 is 0 Å². The Kier molecular flexibility index (Phi) is 4.93. The minimum absolute atomic E-state index is 0.0471. The van der Waals surface area contributed by atoms with Gasteiger partial charge in [-0.15, -0.1) is 0 Å². The second kappa shape index (κ2) is 7.29. The molecule has 1 saturated carbocycles. The average Bonchev–Trinajstić information content (AvgIpc) is 3.09. The first-order valence-electron chi connectivity index (χ1n) is 8.22. The Morgan fingerprint density at radius 2 is 1.92 bits per heavy atom. The number of amides is 1. The fourth-order valence-electron chi connectivity index (χ4n) is 3.20. The second-order valence-corrected chi connectivity index (χ2v) is 6.22. The van der Waals surface area contributed by atoms with Crippen LogP contribution in [0, 0.1) is 5.92 Å². The molecule has 6 nitrogen and oxygen atoms in total. The number of aromatic nitrogens is 2. The summed E-state index contributed by atoms with van der Waals surface area (Å²) < 4.78 is 1.78. The van der Waals surface area contributed by atoms with E-state index in [0.717, 1.165) is 5.56 Å². The van der Waals surface area contributed by atoms with Crippen LogP contribution in [0.4, 0.5) is 0 Å². The topological polar surface area (TPSA) is 84.2 Å². The van der Waals surface area contributed by atoms with E-state index in [0.29, 0.717) is 37.8 Å². The molecule has 1 aromatic heterocycles. The van der Waals surface area contributed by atoms with Crippen LogP contribution in [0.15, 0.2) is 42.7 Å². The molecule has 2 aromatic rings. The Morgan fingerprint density at radius 1 is 1.17 bits per heavy atom. The maximum Gasteiger partial charge on any atom is 0.306 e. The van der Waals surface area contributed by atoms with Gasteiger partial charge in [-0.2, -0.15) is 5.10 Å². The summed E-state index contributed by atoms with van der Waals surface area (Å²) >= 11 is 0. The molecule has 0 atom stereocenters. The van der Waals surface area contributed by atoms with Gasteiger partial charge < -0.3 is 10.4 Å². The van der Waals surface area contributed by atoms with Crippen LogP contribution in [0.1, 0.15) is 41.6 Å². The monoisotopic (exact) mass is 327 g/mol. The Bertz CT molecular complexity index is 704. The van der Waals surface area contributed by atoms with Gasteiger partial charge in [0.15, 0.2) is 0 Å². The summed E-state index contributed by atoms with van der Waals surface area (Å²) in [5.41, 5.74) is 1.56. The third-order valence-corrected chi connectivity index (χ3v) is 4.57. The van der Waals surface area contributed by atoms with Gasteiger partial charge in [-0.05, 0) is 43.4 Å². The Labute approximate surface area is 140 Å². The number of nitrogens with zero attached hydrogens (tertiary/aromatic N) is 2. The molecule has 0 spiro atoms. The van der Waals surface area contributed by atoms with Gasteiger partial charge in [-0.1, -0.05) is 18.2 Å². The first kappa shape index (κ1) is 16.2. The summed E-state index contributed by atoms with van der Waals surface area (Å²) in [6.07, 6.45) is 6.24. The molecule has 1 aromatic carbocycles. The lowest BCUT2D eigenvalue weighted by atomic mass is 9.86. The van der Waals surface area contributed by atoms with Crippen molar-refractivity contribution in [1.29, 1.82) is 0 Å². The predicted octanol–water partition coefficient (Wildman–Crippen LogP) is 2.30. The molecule has 126 valence electrons. The molecule has 1 aliphatic carbocycles. The summed E-state index contributed by atoms with van der Waals surface area (Å²) in [6.45, 7) is 0.544. The maximum absolute atomic E-state index is 12.6. The van der Waals surface area contributed by atoms with Crippen molar-refractivity contribution in [2.75, 3.05) is 0 Å². The van der Waals surface area contributed by atoms with E-state index in [-0.39, 0.29) is 17.9 Å². The Hall–Kier alpha value is -2.63. The largest absolute Gasteiger partial charge is 0.481 e. The van der Waals surface area contributed by atoms with Gasteiger partial charge in [0.25, 0.3) is 5.91 Å². The van der Waals surface area contributed by atoms with Crippen molar-refractivity contribution in [3.63, 3.8) is 0 Å². The van der Waals surface area contributed by atoms with Crippen molar-refractivity contribution < 1.29 is 14.7 Å². The summed E-state index contributed by atoms with van der Waals surface area (Å²) in [7, 11) is 0. The number of rotatable bonds is 5. The molecule has 0 radical (unpaired) electrons. The number of aliphatic carboxylic acids is 1. The second-order valence-electron chi connectivity index (χ2n) is 6.22. The van der Waals surface area contributed by atoms with Crippen molar-refractivity contribution in [2.24, 2.45) is 5.92 Å². The highest BCUT2D eigenvalue weighted by Gasteiger charge is 2.27. The third kappa shape index (κ3) is 3.82. The van der Waals surface area contributed by atoms with E-state index in [4.69, 9.17) is 5.11 Å². The molecule has 0 aliphatic heterocycles. The minimum Gasteiger partial charge on any atom is -0.481 e. The molecule has 1 amide bonds. The first-order valence-corrected chi connectivity index (χ1v) is 8.22. The van der Waals surface area contributed by atoms with Gasteiger partial charge in [0.1, 0.15) is 0 Å². The van der Waals surface area contributed by atoms with Crippen LogP contribution in [0.25, 0.3) is 0 Å². The van der Waals surface area contributed by atoms with Crippen LogP contribution in [0.5, 0.6) is 0 Å². The van der Waals surface area contributed by atoms with Crippen molar-refractivity contribution in [3.05, 3.63) is 53.9 Å². The molecule has 24 heavy (non-hydrogen) atoms. The Balaban J connectivity index is 1.64. The number of carbonyl (C=O) groups is 2. The number of carboxylic acid groups (broad SMARTS) is 1. The number of hydrogen-bond acceptors (Lipinski definition) is 3. The van der Waals surface area contributed by atoms with Crippen molar-refractivity contribution in [3.8, 4) is 0 Å². The normalized spacial score (nSPS) is 20.5. The van der Waals surface area contributed by atoms with Crippen LogP contribution in [-0.4, -0.2) is 32.8 Å². The van der Waals surface area contributed by atoms with E-state index < -0.39 is 5.97 Å². The van der Waals surface area contributed by atoms with Crippen LogP contribution < -0.4 is 5.32 Å². The third-order valence-electron chi connectivity index (χ3n) is 4.57. The Morgan fingerprint density at radius 3 is 2.58 bits per heavy atom. The lowest BCUT2D eigenvalue weighted by molar-refractivity contribution is -0.142. The van der Waals surface area contributed by atoms with Crippen molar-refractivity contribution >= 4 is 11.9 Å². The van der Waals surface area contributed by atoms with Gasteiger partial charge in [0.2, 0.25) is 0 Å². The van der Waals surface area contributed by atoms with Gasteiger partial charge in [-0.25, -0.2) is 0 Å². The van der Waals surface area contributed by atoms with Crippen LogP contribution in [0.3, 0.4) is 0 Å². The zero-order valence-electron chi connectivity index (χ0n) is 13.4. The number of carboxylic acids is 1. The maximum atomic E-state index is 12.6. The minimum atomic E-state index is -0.732. The standard InChI is InChI=1S/C18H21N3O3/c22-17(20-15-8-6-13(7-9-15)18(23)24)16-5-2-1-4-14(16)12-21-11-3-10-19-21/h1-5,10-11,13,15H,6-9,12H2,(H,20,22)(H,23,24). The van der Waals surface area contributed by atoms with E-state index in [2.05, 4.69) is 10.4 Å². The molecule has 0 unspecified atom stereocenters. The van der Waals surface area contributed by atoms with E-state index in [1.807, 2.05) is 36.5 Å². The van der Waals surface area contributed by atoms with Crippen LogP contribution >= 0.6 is 0 Å². The van der Waals surface area contributed by atoms with E-state index in [9.17, 15) is 9.59 Å². The number of nitrogens with one attached hydrogen (secondary N) is 1. The number of benzene rings is 1. The molecule has 0 bridgehead atoms. The van der Waals surface area contributed by atoms with E-state index in [1.54, 1.807) is 10.9 Å². The molecular formula is C18H21N3O3. The summed E-state index contributed by atoms with van der Waals surface area (Å²) in [5, 5.41) is 16.3. The molecule has 1 heterocycles. The summed E-state index contributed by atoms with van der Waals surface area (Å²) in [4.78, 5) is 23.6. The predicted molar refractivity (Wildman–Crippen MR) is 88.6 cm³/mol. The van der Waals surface area contributed by atoms with Crippen molar-refractivity contribution in [2.45, 2.75) is 38.3 Å². The van der Waals surface area contributed by atoms with Crippen LogP contribution in [0.2, 0.25) is 0 Å². The SMILES string of the molecule is O=C(NC1CCC(C(=O)O)CC1)c1ccccc1Cn1cccn1. The molecule has 1 aliphatic rings. The highest BCUT2D eigenvalue weighted by atomic mass is 16.4. The summed E-state index contributed by atoms with van der Waals surface area (Å²) in [6, 6.07) is 9.40. The lowest BCUT2D eigenvalue weighted by Gasteiger charge is -2.27. The van der Waals surface area contributed by atoms with Gasteiger partial charge in [0, 0.05) is 24.0 Å². The van der Waals surface area contributed by atoms with E-state index in [1.165, 1.54) is 0 Å². The molecule has 2 N–H and O–H groups in total. The molecular weight excluding hydrogens is 306 g/mol. The van der Waals surface area contributed by atoms with Gasteiger partial charge in [0.05, 0.1) is 12.5 Å². The average molecular weight is 327 g/mol. The van der Waals surface area contributed by atoms with Crippen molar-refractivity contribution in [1.82, 2.24) is 15.1 Å². The highest BCUT2D eigenvalue weighted by Crippen LogP contribution is 2.24. The lowest BCUT2D eigenvalue weighted by Crippen LogP contribution is -2.39. The zero-order valence-corrected chi connectivity index (χ0v) is 13.4. The highest BCUT2D eigenvalue weighted by molar-refractivity contribution is 5.95. The summed E-state index contributed by atoms with van der Waals surface area (Å²) in [5.74, 6) is -1.11. The number of carbonyl (C=O) groups excluding carboxylic acids is 1. The van der Waals surface area contributed by atoms with Gasteiger partial charge in [-0.3, -0.25) is 14.3 Å². The fourth-order valence-corrected chi connectivity index (χ4v) is 3.20. The molecule has 0 saturated heterocycles. The van der Waals surface area contributed by atoms with Crippen LogP contribution in [-0.2, 0) is 11.3 Å². The number of hydrogen-bond donors (Lipinski definition) is 2. The fraction of sp³-hybridized carbons (Fsp3) is 0.389. The smallest absolute Gasteiger partial charge is 0.306 e. The molecule has 6 heteroatoms. The quantitative estimate of drug-likeness (QED) is 0.882. The molecule has 1 fully saturated rings.